The van der Waals surface area contributed by atoms with E-state index in [0.29, 0.717) is 24.9 Å². The fraction of sp³-hybridized carbons (Fsp3) is 0.400. The van der Waals surface area contributed by atoms with E-state index in [1.165, 1.54) is 17.0 Å². The Balaban J connectivity index is 1.44. The third kappa shape index (κ3) is 5.41. The summed E-state index contributed by atoms with van der Waals surface area (Å²) in [4.78, 5) is 28.7. The fourth-order valence-corrected chi connectivity index (χ4v) is 6.69. The van der Waals surface area contributed by atoms with E-state index >= 15 is 0 Å². The number of amides is 2. The Hall–Kier alpha value is -3.17. The molecule has 0 spiro atoms. The molecule has 4 N–H and O–H groups in total. The zero-order chi connectivity index (χ0) is 28.6. The molecule has 2 aliphatic heterocycles. The number of allylic oxidation sites excluding steroid dienone is 2. The second-order valence-corrected chi connectivity index (χ2v) is 11.1. The number of para-hydroxylation sites is 1. The number of phenolic OH excluding ortho intramolecular Hbond substituents is 1. The van der Waals surface area contributed by atoms with Crippen molar-refractivity contribution in [2.45, 2.75) is 58.4 Å². The fourth-order valence-electron chi connectivity index (χ4n) is 6.69. The minimum absolute atomic E-state index is 0.201. The molecule has 2 aromatic rings. The Morgan fingerprint density at radius 3 is 2.62 bits per heavy atom. The number of fused-ring (bicyclic) bond motifs is 3. The first-order valence-corrected chi connectivity index (χ1v) is 14.0. The van der Waals surface area contributed by atoms with Crippen molar-refractivity contribution in [1.82, 2.24) is 0 Å². The first-order valence-electron chi connectivity index (χ1n) is 14.0. The smallest absolute Gasteiger partial charge is 0.488 e. The predicted octanol–water partition coefficient (Wildman–Crippen LogP) is 3.06. The second-order valence-electron chi connectivity index (χ2n) is 11.1. The van der Waals surface area contributed by atoms with Crippen LogP contribution in [-0.4, -0.2) is 52.3 Å². The Morgan fingerprint density at radius 1 is 1.12 bits per heavy atom. The summed E-state index contributed by atoms with van der Waals surface area (Å²) in [5.41, 5.74) is 4.50. The predicted molar refractivity (Wildman–Crippen MR) is 154 cm³/mol. The molecule has 4 atom stereocenters. The minimum Gasteiger partial charge on any atom is -0.507 e. The van der Waals surface area contributed by atoms with Crippen LogP contribution in [0.25, 0.3) is 6.08 Å². The molecule has 8 nitrogen and oxygen atoms in total. The van der Waals surface area contributed by atoms with Crippen LogP contribution in [0.2, 0.25) is 6.32 Å². The number of anilines is 1. The highest BCUT2D eigenvalue weighted by Gasteiger charge is 2.57. The summed E-state index contributed by atoms with van der Waals surface area (Å²) in [6, 6.07) is 13.4. The zero-order valence-electron chi connectivity index (χ0n) is 22.9. The normalized spacial score (nSPS) is 24.9. The lowest BCUT2D eigenvalue weighted by molar-refractivity contribution is -0.122. The van der Waals surface area contributed by atoms with Crippen LogP contribution in [0.1, 0.15) is 51.5 Å². The van der Waals surface area contributed by atoms with Crippen molar-refractivity contribution in [1.29, 1.82) is 0 Å². The monoisotopic (exact) mass is 543 g/mol. The van der Waals surface area contributed by atoms with Crippen molar-refractivity contribution >= 4 is 43.3 Å². The number of rotatable bonds is 8. The molecule has 0 bridgehead atoms. The van der Waals surface area contributed by atoms with Crippen LogP contribution in [0, 0.1) is 17.8 Å². The first kappa shape index (κ1) is 28.4. The van der Waals surface area contributed by atoms with Crippen LogP contribution in [-0.2, 0) is 14.2 Å². The highest BCUT2D eigenvalue weighted by molar-refractivity contribution is 6.58. The maximum absolute atomic E-state index is 13.9. The van der Waals surface area contributed by atoms with E-state index in [9.17, 15) is 29.8 Å². The van der Waals surface area contributed by atoms with Gasteiger partial charge in [0.05, 0.1) is 23.6 Å². The number of carbonyl (C=O) groups excluding carboxylic acids is 2. The van der Waals surface area contributed by atoms with Crippen LogP contribution in [0.3, 0.4) is 0 Å². The van der Waals surface area contributed by atoms with E-state index in [0.717, 1.165) is 35.1 Å². The molecule has 5 rings (SSSR count). The van der Waals surface area contributed by atoms with Crippen molar-refractivity contribution in [3.63, 3.8) is 0 Å². The Labute approximate surface area is 235 Å². The number of imide groups is 1. The molecule has 2 heterocycles. The van der Waals surface area contributed by atoms with E-state index in [4.69, 9.17) is 4.65 Å². The minimum atomic E-state index is -1.71. The quantitative estimate of drug-likeness (QED) is 0.229. The van der Waals surface area contributed by atoms with Gasteiger partial charge in [0.15, 0.2) is 0 Å². The summed E-state index contributed by atoms with van der Waals surface area (Å²) in [5, 5.41) is 40.2. The van der Waals surface area contributed by atoms with Crippen LogP contribution < -0.4 is 10.4 Å². The van der Waals surface area contributed by atoms with Crippen LogP contribution >= 0.6 is 0 Å². The summed E-state index contributed by atoms with van der Waals surface area (Å²) in [6.45, 7) is 4.08. The lowest BCUT2D eigenvalue weighted by atomic mass is 9.58. The number of benzene rings is 2. The molecular formula is C30H35B2NO7. The molecule has 2 saturated heterocycles. The van der Waals surface area contributed by atoms with Gasteiger partial charge in [-0.15, -0.1) is 0 Å². The van der Waals surface area contributed by atoms with Gasteiger partial charge >= 0.3 is 14.2 Å². The Morgan fingerprint density at radius 2 is 1.90 bits per heavy atom. The molecule has 0 radical (unpaired) electrons. The number of phenols is 1. The molecule has 0 unspecified atom stereocenters. The average molecular weight is 543 g/mol. The summed E-state index contributed by atoms with van der Waals surface area (Å²) in [5.74, 6) is -1.84. The lowest BCUT2D eigenvalue weighted by Gasteiger charge is -2.43. The molecular weight excluding hydrogens is 508 g/mol. The van der Waals surface area contributed by atoms with Crippen molar-refractivity contribution in [2.75, 3.05) is 4.90 Å². The lowest BCUT2D eigenvalue weighted by Crippen LogP contribution is -2.46. The molecule has 10 heteroatoms. The topological polar surface area (TPSA) is 128 Å². The van der Waals surface area contributed by atoms with Gasteiger partial charge in [0.1, 0.15) is 5.75 Å². The Bertz CT molecular complexity index is 1360. The maximum Gasteiger partial charge on any atom is 0.488 e. The summed E-state index contributed by atoms with van der Waals surface area (Å²) < 4.78 is 6.08. The van der Waals surface area contributed by atoms with Gasteiger partial charge in [0.25, 0.3) is 0 Å². The number of aromatic hydroxyl groups is 1. The van der Waals surface area contributed by atoms with Gasteiger partial charge < -0.3 is 24.8 Å². The average Bonchev–Trinajstić information content (AvgIpc) is 3.18. The van der Waals surface area contributed by atoms with Gasteiger partial charge in [-0.2, -0.15) is 0 Å². The molecule has 0 aromatic heterocycles. The van der Waals surface area contributed by atoms with Gasteiger partial charge in [0, 0.05) is 5.56 Å². The second kappa shape index (κ2) is 11.7. The number of hydrogen-bond acceptors (Lipinski definition) is 7. The summed E-state index contributed by atoms with van der Waals surface area (Å²) >= 11 is 0. The maximum atomic E-state index is 13.9. The molecule has 208 valence electrons. The van der Waals surface area contributed by atoms with Crippen LogP contribution in [0.5, 0.6) is 5.75 Å². The molecule has 40 heavy (non-hydrogen) atoms. The van der Waals surface area contributed by atoms with Gasteiger partial charge in [-0.1, -0.05) is 60.9 Å². The van der Waals surface area contributed by atoms with Gasteiger partial charge in [-0.3, -0.25) is 14.5 Å². The number of carbonyl (C=O) groups is 2. The highest BCUT2D eigenvalue weighted by atomic mass is 16.5. The summed E-state index contributed by atoms with van der Waals surface area (Å²) in [6.07, 6.45) is 5.22. The molecule has 2 aromatic carbocycles. The van der Waals surface area contributed by atoms with E-state index in [1.807, 2.05) is 25.1 Å². The van der Waals surface area contributed by atoms with Crippen LogP contribution in [0.15, 0.2) is 65.3 Å². The van der Waals surface area contributed by atoms with E-state index < -0.39 is 26.1 Å². The standard InChI is InChI=1S/C30H35B2NO7/c1-3-7-20-15-23-28(30(36)33(29(23)35)22-10-6-9-21(16-22)32(38)39)24-17-31(37)40-26(27(20)24)13-12-18(2)14-19-8-4-5-11-25(19)34/h4-6,8-11,14,16,23-24,26,28,34,37-39H,3,7,12-13,15,17H2,1-2H3/b18-14+/t23-,24+,26-,28-/m1/s1. The van der Waals surface area contributed by atoms with Crippen LogP contribution in [0.4, 0.5) is 5.69 Å². The third-order valence-electron chi connectivity index (χ3n) is 8.43. The van der Waals surface area contributed by atoms with Crippen molar-refractivity contribution < 1.29 is 34.4 Å². The van der Waals surface area contributed by atoms with Gasteiger partial charge in [-0.05, 0) is 74.1 Å². The molecule has 2 fully saturated rings. The van der Waals surface area contributed by atoms with Crippen molar-refractivity contribution in [3.8, 4) is 5.75 Å². The first-order chi connectivity index (χ1) is 19.2. The molecule has 1 aliphatic carbocycles. The third-order valence-corrected chi connectivity index (χ3v) is 8.43. The SMILES string of the molecule is CCCC1=C2[C@@H](CC/C(C)=C/c3ccccc3O)OB(O)C[C@@H]2[C@@H]2C(=O)N(c3cccc(B(O)O)c3)C(=O)[C@@H]2C1. The molecule has 3 aliphatic rings. The number of nitrogens with zero attached hydrogens (tertiary/aromatic N) is 1. The largest absolute Gasteiger partial charge is 0.507 e. The summed E-state index contributed by atoms with van der Waals surface area (Å²) in [7, 11) is -2.76. The molecule has 0 saturated carbocycles. The van der Waals surface area contributed by atoms with Crippen molar-refractivity contribution in [3.05, 3.63) is 70.8 Å². The van der Waals surface area contributed by atoms with Gasteiger partial charge in [0.2, 0.25) is 11.8 Å². The van der Waals surface area contributed by atoms with Crippen molar-refractivity contribution in [2.24, 2.45) is 17.8 Å². The van der Waals surface area contributed by atoms with E-state index in [1.54, 1.807) is 24.3 Å². The molecule has 2 amide bonds. The highest BCUT2D eigenvalue weighted by Crippen LogP contribution is 2.52. The van der Waals surface area contributed by atoms with E-state index in [2.05, 4.69) is 6.92 Å². The van der Waals surface area contributed by atoms with Gasteiger partial charge in [-0.25, -0.2) is 0 Å². The zero-order valence-corrected chi connectivity index (χ0v) is 22.9. The number of hydrogen-bond donors (Lipinski definition) is 4. The van der Waals surface area contributed by atoms with E-state index in [-0.39, 0.29) is 41.4 Å². The Kier molecular flexibility index (Phi) is 8.33.